The molecule has 1 amide bonds. The third-order valence-electron chi connectivity index (χ3n) is 3.86. The summed E-state index contributed by atoms with van der Waals surface area (Å²) in [7, 11) is 1.62. The van der Waals surface area contributed by atoms with E-state index in [4.69, 9.17) is 4.74 Å². The van der Waals surface area contributed by atoms with E-state index in [0.717, 1.165) is 5.69 Å². The number of aromatic nitrogens is 5. The summed E-state index contributed by atoms with van der Waals surface area (Å²) in [6.07, 6.45) is 3.69. The number of rotatable bonds is 5. The molecule has 24 heavy (non-hydrogen) atoms. The highest BCUT2D eigenvalue weighted by molar-refractivity contribution is 5.91. The van der Waals surface area contributed by atoms with Crippen molar-refractivity contribution in [3.05, 3.63) is 34.5 Å². The van der Waals surface area contributed by atoms with Gasteiger partial charge in [0.05, 0.1) is 30.8 Å². The zero-order valence-corrected chi connectivity index (χ0v) is 13.3. The molecule has 0 aromatic carbocycles. The van der Waals surface area contributed by atoms with Gasteiger partial charge in [0, 0.05) is 32.7 Å². The minimum atomic E-state index is -0.271. The Morgan fingerprint density at radius 2 is 2.38 bits per heavy atom. The quantitative estimate of drug-likeness (QED) is 0.715. The van der Waals surface area contributed by atoms with E-state index in [1.165, 1.54) is 10.9 Å². The Balaban J connectivity index is 1.51. The number of aryl methyl sites for hydroxylation is 1. The second-order valence-corrected chi connectivity index (χ2v) is 5.51. The number of carbonyl (C=O) groups is 1. The van der Waals surface area contributed by atoms with Crippen LogP contribution in [-0.2, 0) is 11.8 Å². The topological polar surface area (TPSA) is 118 Å². The molecular weight excluding hydrogens is 314 g/mol. The zero-order valence-electron chi connectivity index (χ0n) is 13.3. The molecule has 0 aliphatic carbocycles. The van der Waals surface area contributed by atoms with Gasteiger partial charge in [0.15, 0.2) is 5.69 Å². The zero-order chi connectivity index (χ0) is 16.9. The predicted molar refractivity (Wildman–Crippen MR) is 84.8 cm³/mol. The molecule has 0 radical (unpaired) electrons. The number of nitrogens with one attached hydrogen (secondary N) is 2. The lowest BCUT2D eigenvalue weighted by Gasteiger charge is -2.34. The van der Waals surface area contributed by atoms with Gasteiger partial charge in [-0.05, 0) is 6.42 Å². The second-order valence-electron chi connectivity index (χ2n) is 5.51. The summed E-state index contributed by atoms with van der Waals surface area (Å²) in [6.45, 7) is 2.39. The van der Waals surface area contributed by atoms with Crippen LogP contribution >= 0.6 is 0 Å². The first kappa shape index (κ1) is 16.1. The van der Waals surface area contributed by atoms with Gasteiger partial charge in [-0.15, -0.1) is 0 Å². The molecule has 2 aromatic heterocycles. The highest BCUT2D eigenvalue weighted by Crippen LogP contribution is 2.16. The number of anilines is 1. The molecule has 1 aliphatic rings. The molecule has 1 atom stereocenters. The molecule has 128 valence electrons. The van der Waals surface area contributed by atoms with Gasteiger partial charge in [0.2, 0.25) is 0 Å². The Hall–Kier alpha value is -2.75. The number of ether oxygens (including phenoxy) is 1. The Morgan fingerprint density at radius 1 is 1.50 bits per heavy atom. The molecule has 10 nitrogen and oxygen atoms in total. The molecule has 3 heterocycles. The van der Waals surface area contributed by atoms with Crippen LogP contribution in [-0.4, -0.2) is 63.4 Å². The standard InChI is InChI=1S/C14H19N7O3/c1-20-13(22)6-10(7-17-20)21-4-5-24-11(9-21)2-3-15-14(23)12-8-16-19-18-12/h6-8,11H,2-5,9H2,1H3,(H,15,23)(H,16,18,19). The lowest BCUT2D eigenvalue weighted by Crippen LogP contribution is -2.44. The second kappa shape index (κ2) is 7.21. The van der Waals surface area contributed by atoms with Crippen molar-refractivity contribution in [3.63, 3.8) is 0 Å². The Kier molecular flexibility index (Phi) is 4.85. The molecule has 1 fully saturated rings. The van der Waals surface area contributed by atoms with E-state index in [2.05, 4.69) is 30.7 Å². The Bertz CT molecular complexity index is 743. The van der Waals surface area contributed by atoms with Crippen molar-refractivity contribution in [1.82, 2.24) is 30.5 Å². The van der Waals surface area contributed by atoms with Gasteiger partial charge in [-0.25, -0.2) is 4.68 Å². The van der Waals surface area contributed by atoms with Gasteiger partial charge in [-0.2, -0.15) is 20.5 Å². The van der Waals surface area contributed by atoms with E-state index in [0.29, 0.717) is 32.7 Å². The SMILES string of the molecule is Cn1ncc(N2CCOC(CCNC(=O)c3cn[nH]n3)C2)cc1=O. The van der Waals surface area contributed by atoms with Crippen LogP contribution in [0.5, 0.6) is 0 Å². The first-order valence-corrected chi connectivity index (χ1v) is 7.67. The lowest BCUT2D eigenvalue weighted by molar-refractivity contribution is 0.0353. The molecule has 0 bridgehead atoms. The van der Waals surface area contributed by atoms with Crippen molar-refractivity contribution in [2.45, 2.75) is 12.5 Å². The van der Waals surface area contributed by atoms with Crippen molar-refractivity contribution in [2.24, 2.45) is 7.05 Å². The van der Waals surface area contributed by atoms with Crippen LogP contribution < -0.4 is 15.8 Å². The van der Waals surface area contributed by atoms with E-state index < -0.39 is 0 Å². The van der Waals surface area contributed by atoms with E-state index in [1.54, 1.807) is 19.3 Å². The summed E-state index contributed by atoms with van der Waals surface area (Å²) in [5.74, 6) is -0.271. The van der Waals surface area contributed by atoms with Gasteiger partial charge >= 0.3 is 0 Å². The fourth-order valence-electron chi connectivity index (χ4n) is 2.51. The van der Waals surface area contributed by atoms with Crippen LogP contribution in [0.1, 0.15) is 16.9 Å². The fourth-order valence-corrected chi connectivity index (χ4v) is 2.51. The molecule has 2 N–H and O–H groups in total. The highest BCUT2D eigenvalue weighted by atomic mass is 16.5. The predicted octanol–water partition coefficient (Wildman–Crippen LogP) is -1.08. The van der Waals surface area contributed by atoms with Crippen LogP contribution in [0.3, 0.4) is 0 Å². The van der Waals surface area contributed by atoms with E-state index in [-0.39, 0.29) is 23.3 Å². The fraction of sp³-hybridized carbons (Fsp3) is 0.500. The molecule has 2 aromatic rings. The summed E-state index contributed by atoms with van der Waals surface area (Å²) in [6, 6.07) is 1.57. The first-order valence-electron chi connectivity index (χ1n) is 7.67. The van der Waals surface area contributed by atoms with Crippen LogP contribution in [0.4, 0.5) is 5.69 Å². The molecule has 3 rings (SSSR count). The lowest BCUT2D eigenvalue weighted by atomic mass is 10.2. The number of nitrogens with zero attached hydrogens (tertiary/aromatic N) is 5. The number of hydrogen-bond donors (Lipinski definition) is 2. The van der Waals surface area contributed by atoms with Crippen LogP contribution in [0.15, 0.2) is 23.3 Å². The van der Waals surface area contributed by atoms with Gasteiger partial charge in [0.25, 0.3) is 11.5 Å². The molecule has 10 heteroatoms. The number of morpholine rings is 1. The normalized spacial score (nSPS) is 17.7. The number of aromatic amines is 1. The van der Waals surface area contributed by atoms with Crippen LogP contribution in [0, 0.1) is 0 Å². The monoisotopic (exact) mass is 333 g/mol. The third-order valence-corrected chi connectivity index (χ3v) is 3.86. The smallest absolute Gasteiger partial charge is 0.273 e. The Labute approximate surface area is 137 Å². The minimum absolute atomic E-state index is 0.0274. The molecule has 1 aliphatic heterocycles. The van der Waals surface area contributed by atoms with E-state index in [1.807, 2.05) is 0 Å². The maximum atomic E-state index is 11.8. The van der Waals surface area contributed by atoms with Gasteiger partial charge in [-0.3, -0.25) is 9.59 Å². The highest BCUT2D eigenvalue weighted by Gasteiger charge is 2.21. The van der Waals surface area contributed by atoms with Crippen molar-refractivity contribution >= 4 is 11.6 Å². The Morgan fingerprint density at radius 3 is 3.12 bits per heavy atom. The summed E-state index contributed by atoms with van der Waals surface area (Å²) in [5, 5.41) is 16.5. The third kappa shape index (κ3) is 3.77. The van der Waals surface area contributed by atoms with Gasteiger partial charge in [-0.1, -0.05) is 0 Å². The van der Waals surface area contributed by atoms with Crippen LogP contribution in [0.25, 0.3) is 0 Å². The summed E-state index contributed by atoms with van der Waals surface area (Å²) >= 11 is 0. The molecule has 1 unspecified atom stereocenters. The number of carbonyl (C=O) groups excluding carboxylic acids is 1. The average Bonchev–Trinajstić information content (AvgIpc) is 3.12. The largest absolute Gasteiger partial charge is 0.374 e. The summed E-state index contributed by atoms with van der Waals surface area (Å²) < 4.78 is 7.02. The van der Waals surface area contributed by atoms with Crippen molar-refractivity contribution in [2.75, 3.05) is 31.1 Å². The average molecular weight is 333 g/mol. The van der Waals surface area contributed by atoms with Gasteiger partial charge < -0.3 is 15.0 Å². The van der Waals surface area contributed by atoms with Crippen molar-refractivity contribution in [1.29, 1.82) is 0 Å². The van der Waals surface area contributed by atoms with Crippen molar-refractivity contribution in [3.8, 4) is 0 Å². The van der Waals surface area contributed by atoms with Crippen molar-refractivity contribution < 1.29 is 9.53 Å². The van der Waals surface area contributed by atoms with E-state index in [9.17, 15) is 9.59 Å². The molecule has 1 saturated heterocycles. The van der Waals surface area contributed by atoms with E-state index >= 15 is 0 Å². The van der Waals surface area contributed by atoms with Crippen LogP contribution in [0.2, 0.25) is 0 Å². The summed E-state index contributed by atoms with van der Waals surface area (Å²) in [4.78, 5) is 25.5. The maximum absolute atomic E-state index is 11.8. The minimum Gasteiger partial charge on any atom is -0.374 e. The number of amides is 1. The summed E-state index contributed by atoms with van der Waals surface area (Å²) in [5.41, 5.74) is 0.904. The molecular formula is C14H19N7O3. The maximum Gasteiger partial charge on any atom is 0.273 e. The number of H-pyrrole nitrogens is 1. The molecule has 0 spiro atoms. The first-order chi connectivity index (χ1) is 11.6. The molecule has 0 saturated carbocycles. The number of hydrogen-bond acceptors (Lipinski definition) is 7. The van der Waals surface area contributed by atoms with Gasteiger partial charge in [0.1, 0.15) is 0 Å².